The van der Waals surface area contributed by atoms with Crippen LogP contribution in [0.4, 0.5) is 0 Å². The monoisotopic (exact) mass is 325 g/mol. The van der Waals surface area contributed by atoms with Crippen molar-refractivity contribution in [2.45, 2.75) is 53.4 Å². The van der Waals surface area contributed by atoms with E-state index in [0.29, 0.717) is 11.3 Å². The summed E-state index contributed by atoms with van der Waals surface area (Å²) in [6.07, 6.45) is 5.64. The third kappa shape index (κ3) is 5.44. The number of rotatable bonds is 11. The first kappa shape index (κ1) is 19.2. The lowest BCUT2D eigenvalue weighted by Gasteiger charge is -2.60. The Morgan fingerprint density at radius 2 is 1.74 bits per heavy atom. The van der Waals surface area contributed by atoms with Gasteiger partial charge in [0, 0.05) is 26.3 Å². The van der Waals surface area contributed by atoms with Gasteiger partial charge < -0.3 is 14.4 Å². The molecule has 3 fully saturated rings. The number of hydrogen-bond donors (Lipinski definition) is 0. The lowest BCUT2D eigenvalue weighted by Crippen LogP contribution is -2.52. The Morgan fingerprint density at radius 1 is 1.04 bits per heavy atom. The molecule has 136 valence electrons. The fourth-order valence-corrected chi connectivity index (χ4v) is 4.52. The van der Waals surface area contributed by atoms with Gasteiger partial charge in [-0.25, -0.2) is 0 Å². The molecule has 3 rings (SSSR count). The molecule has 2 bridgehead atoms. The molecule has 0 radical (unpaired) electrons. The zero-order chi connectivity index (χ0) is 16.9. The van der Waals surface area contributed by atoms with E-state index in [2.05, 4.69) is 39.6 Å². The molecule has 3 heteroatoms. The van der Waals surface area contributed by atoms with E-state index in [1.807, 2.05) is 0 Å². The average Bonchev–Trinajstić information content (AvgIpc) is 2.51. The van der Waals surface area contributed by atoms with Gasteiger partial charge in [0.05, 0.1) is 13.2 Å². The summed E-state index contributed by atoms with van der Waals surface area (Å²) in [5.74, 6) is 3.51. The Hall–Kier alpha value is -0.120. The van der Waals surface area contributed by atoms with Crippen molar-refractivity contribution in [1.82, 2.24) is 4.90 Å². The maximum atomic E-state index is 5.90. The Kier molecular flexibility index (Phi) is 7.37. The van der Waals surface area contributed by atoms with E-state index >= 15 is 0 Å². The van der Waals surface area contributed by atoms with Gasteiger partial charge in [0.15, 0.2) is 0 Å². The molecule has 0 spiro atoms. The highest BCUT2D eigenvalue weighted by atomic mass is 16.5. The van der Waals surface area contributed by atoms with Gasteiger partial charge in [-0.05, 0) is 61.8 Å². The number of likely N-dealkylation sites (N-methyl/N-ethyl adjacent to an activating group) is 1. The van der Waals surface area contributed by atoms with E-state index in [-0.39, 0.29) is 0 Å². The highest BCUT2D eigenvalue weighted by Gasteiger charge is 2.53. The van der Waals surface area contributed by atoms with Crippen LogP contribution in [0.3, 0.4) is 0 Å². The summed E-state index contributed by atoms with van der Waals surface area (Å²) in [6.45, 7) is 14.8. The van der Waals surface area contributed by atoms with Crippen molar-refractivity contribution in [2.24, 2.45) is 29.1 Å². The molecule has 23 heavy (non-hydrogen) atoms. The van der Waals surface area contributed by atoms with Crippen LogP contribution >= 0.6 is 0 Å². The number of ether oxygens (including phenoxy) is 2. The first-order valence-corrected chi connectivity index (χ1v) is 9.75. The minimum atomic E-state index is 0.610. The van der Waals surface area contributed by atoms with Gasteiger partial charge in [-0.15, -0.1) is 0 Å². The minimum absolute atomic E-state index is 0.610. The second-order valence-electron chi connectivity index (χ2n) is 8.87. The van der Waals surface area contributed by atoms with Gasteiger partial charge in [0.2, 0.25) is 0 Å². The van der Waals surface area contributed by atoms with Crippen molar-refractivity contribution in [3.05, 3.63) is 0 Å². The predicted molar refractivity (Wildman–Crippen MR) is 96.7 cm³/mol. The SMILES string of the molecule is CC(C)COCCN(C)CCOCC[C@@H]1CC[C@H]2C[C@@H]1C2(C)C. The summed E-state index contributed by atoms with van der Waals surface area (Å²) in [6, 6.07) is 0. The van der Waals surface area contributed by atoms with Crippen LogP contribution in [-0.2, 0) is 9.47 Å². The normalized spacial score (nSPS) is 29.1. The molecule has 3 aliphatic rings. The largest absolute Gasteiger partial charge is 0.380 e. The number of fused-ring (bicyclic) bond motifs is 2. The van der Waals surface area contributed by atoms with Crippen molar-refractivity contribution in [3.8, 4) is 0 Å². The highest BCUT2D eigenvalue weighted by Crippen LogP contribution is 2.61. The smallest absolute Gasteiger partial charge is 0.0593 e. The van der Waals surface area contributed by atoms with Gasteiger partial charge >= 0.3 is 0 Å². The second-order valence-corrected chi connectivity index (χ2v) is 8.87. The van der Waals surface area contributed by atoms with Gasteiger partial charge in [0.1, 0.15) is 0 Å². The van der Waals surface area contributed by atoms with E-state index in [1.165, 1.54) is 25.7 Å². The topological polar surface area (TPSA) is 21.7 Å². The van der Waals surface area contributed by atoms with Crippen LogP contribution in [-0.4, -0.2) is 51.5 Å². The number of nitrogens with zero attached hydrogens (tertiary/aromatic N) is 1. The zero-order valence-corrected chi connectivity index (χ0v) is 16.1. The Morgan fingerprint density at radius 3 is 2.35 bits per heavy atom. The lowest BCUT2D eigenvalue weighted by atomic mass is 9.45. The average molecular weight is 326 g/mol. The Labute approximate surface area is 144 Å². The second kappa shape index (κ2) is 8.82. The summed E-state index contributed by atoms with van der Waals surface area (Å²) >= 11 is 0. The summed E-state index contributed by atoms with van der Waals surface area (Å²) in [4.78, 5) is 2.31. The molecule has 0 amide bonds. The summed E-state index contributed by atoms with van der Waals surface area (Å²) in [5.41, 5.74) is 0.610. The van der Waals surface area contributed by atoms with Crippen LogP contribution in [0, 0.1) is 29.1 Å². The van der Waals surface area contributed by atoms with Gasteiger partial charge in [0.25, 0.3) is 0 Å². The molecule has 0 aromatic carbocycles. The van der Waals surface area contributed by atoms with Gasteiger partial charge in [-0.1, -0.05) is 27.7 Å². The van der Waals surface area contributed by atoms with Gasteiger partial charge in [-0.2, -0.15) is 0 Å². The third-order valence-corrected chi connectivity index (χ3v) is 6.32. The first-order valence-electron chi connectivity index (χ1n) is 9.75. The molecule has 3 aliphatic carbocycles. The van der Waals surface area contributed by atoms with E-state index in [9.17, 15) is 0 Å². The maximum absolute atomic E-state index is 5.90. The molecule has 3 atom stereocenters. The van der Waals surface area contributed by atoms with Crippen LogP contribution < -0.4 is 0 Å². The highest BCUT2D eigenvalue weighted by molar-refractivity contribution is 5.03. The van der Waals surface area contributed by atoms with Crippen molar-refractivity contribution < 1.29 is 9.47 Å². The van der Waals surface area contributed by atoms with E-state index < -0.39 is 0 Å². The van der Waals surface area contributed by atoms with E-state index in [0.717, 1.165) is 57.3 Å². The van der Waals surface area contributed by atoms with E-state index in [4.69, 9.17) is 9.47 Å². The molecule has 0 aromatic heterocycles. The van der Waals surface area contributed by atoms with Crippen molar-refractivity contribution in [2.75, 3.05) is 46.6 Å². The molecule has 0 aromatic rings. The fraction of sp³-hybridized carbons (Fsp3) is 1.00. The van der Waals surface area contributed by atoms with Crippen LogP contribution in [0.1, 0.15) is 53.4 Å². The summed E-state index contributed by atoms with van der Waals surface area (Å²) in [5, 5.41) is 0. The molecule has 0 heterocycles. The third-order valence-electron chi connectivity index (χ3n) is 6.32. The number of hydrogen-bond acceptors (Lipinski definition) is 3. The molecule has 0 N–H and O–H groups in total. The molecular formula is C20H39NO2. The molecule has 0 saturated heterocycles. The zero-order valence-electron chi connectivity index (χ0n) is 16.1. The van der Waals surface area contributed by atoms with Crippen molar-refractivity contribution in [1.29, 1.82) is 0 Å². The van der Waals surface area contributed by atoms with Crippen LogP contribution in [0.2, 0.25) is 0 Å². The molecular weight excluding hydrogens is 286 g/mol. The van der Waals surface area contributed by atoms with Crippen molar-refractivity contribution in [3.63, 3.8) is 0 Å². The van der Waals surface area contributed by atoms with Crippen molar-refractivity contribution >= 4 is 0 Å². The quantitative estimate of drug-likeness (QED) is 0.535. The van der Waals surface area contributed by atoms with Gasteiger partial charge in [-0.3, -0.25) is 0 Å². The van der Waals surface area contributed by atoms with Crippen LogP contribution in [0.5, 0.6) is 0 Å². The fourth-order valence-electron chi connectivity index (χ4n) is 4.52. The minimum Gasteiger partial charge on any atom is -0.380 e. The summed E-state index contributed by atoms with van der Waals surface area (Å²) in [7, 11) is 2.15. The maximum Gasteiger partial charge on any atom is 0.0593 e. The van der Waals surface area contributed by atoms with Crippen LogP contribution in [0.25, 0.3) is 0 Å². The standard InChI is InChI=1S/C20H39NO2/c1-16(2)15-23-13-10-21(5)9-12-22-11-8-17-6-7-18-14-19(17)20(18,3)4/h16-19H,6-15H2,1-5H3/t17-,18-,19-/m0/s1. The predicted octanol–water partition coefficient (Wildman–Crippen LogP) is 4.07. The molecule has 3 saturated carbocycles. The summed E-state index contributed by atoms with van der Waals surface area (Å²) < 4.78 is 11.5. The molecule has 3 nitrogen and oxygen atoms in total. The van der Waals surface area contributed by atoms with E-state index in [1.54, 1.807) is 0 Å². The van der Waals surface area contributed by atoms with Crippen LogP contribution in [0.15, 0.2) is 0 Å². The molecule has 0 aliphatic heterocycles. The lowest BCUT2D eigenvalue weighted by molar-refractivity contribution is -0.111. The Bertz CT molecular complexity index is 341. The molecule has 0 unspecified atom stereocenters. The first-order chi connectivity index (χ1) is 10.9. The Balaban J connectivity index is 1.46.